The van der Waals surface area contributed by atoms with E-state index in [1.165, 1.54) is 0 Å². The standard InChI is InChI=1S/C38H22B2O3/c39-35-30(21-11-2-1-3-12-21)37(41)38(42)36(40)34(35)33-24-15-6-4-13-22(24)31(23-14-5-7-16-25(23)33)27-18-10-20-29-32(27)26-17-8-9-19-28(26)43-29/h1-20,41-42H. The molecule has 0 bridgehead atoms. The van der Waals surface area contributed by atoms with Crippen LogP contribution in [0, 0.1) is 0 Å². The molecule has 0 aliphatic carbocycles. The first-order valence-electron chi connectivity index (χ1n) is 14.1. The Balaban J connectivity index is 1.55. The first-order valence-corrected chi connectivity index (χ1v) is 14.1. The summed E-state index contributed by atoms with van der Waals surface area (Å²) in [6.45, 7) is 0. The van der Waals surface area contributed by atoms with Crippen molar-refractivity contribution in [3.8, 4) is 44.9 Å². The number of aromatic hydroxyl groups is 2. The van der Waals surface area contributed by atoms with Crippen LogP contribution in [-0.2, 0) is 0 Å². The first-order chi connectivity index (χ1) is 21.0. The van der Waals surface area contributed by atoms with Crippen molar-refractivity contribution >= 4 is 70.1 Å². The highest BCUT2D eigenvalue weighted by Crippen LogP contribution is 2.47. The Bertz CT molecular complexity index is 2330. The zero-order chi connectivity index (χ0) is 29.2. The van der Waals surface area contributed by atoms with Crippen LogP contribution in [0.15, 0.2) is 126 Å². The molecule has 0 atom stereocenters. The number of hydrogen-bond donors (Lipinski definition) is 2. The fourth-order valence-electron chi connectivity index (χ4n) is 6.60. The minimum Gasteiger partial charge on any atom is -0.505 e. The molecule has 0 saturated carbocycles. The number of furan rings is 1. The Hall–Kier alpha value is -5.41. The molecule has 7 aromatic carbocycles. The summed E-state index contributed by atoms with van der Waals surface area (Å²) in [4.78, 5) is 0. The molecule has 0 aliphatic heterocycles. The van der Waals surface area contributed by atoms with Gasteiger partial charge in [-0.1, -0.05) is 115 Å². The van der Waals surface area contributed by atoms with Crippen molar-refractivity contribution in [2.24, 2.45) is 0 Å². The molecule has 198 valence electrons. The van der Waals surface area contributed by atoms with Gasteiger partial charge < -0.3 is 14.6 Å². The first kappa shape index (κ1) is 25.3. The number of phenolic OH excluding ortho intramolecular Hbond substituents is 2. The second-order valence-electron chi connectivity index (χ2n) is 10.8. The van der Waals surface area contributed by atoms with E-state index in [0.29, 0.717) is 22.2 Å². The van der Waals surface area contributed by atoms with Crippen LogP contribution in [0.3, 0.4) is 0 Å². The summed E-state index contributed by atoms with van der Waals surface area (Å²) in [5.74, 6) is -0.733. The van der Waals surface area contributed by atoms with Crippen molar-refractivity contribution in [3.63, 3.8) is 0 Å². The normalized spacial score (nSPS) is 11.6. The van der Waals surface area contributed by atoms with Gasteiger partial charge in [-0.3, -0.25) is 0 Å². The molecule has 0 aliphatic rings. The Morgan fingerprint density at radius 1 is 0.419 bits per heavy atom. The molecule has 0 unspecified atom stereocenters. The smallest absolute Gasteiger partial charge is 0.164 e. The summed E-state index contributed by atoms with van der Waals surface area (Å²) in [7, 11) is 13.5. The molecule has 0 fully saturated rings. The average molecular weight is 548 g/mol. The summed E-state index contributed by atoms with van der Waals surface area (Å²) in [6, 6.07) is 39.9. The van der Waals surface area contributed by atoms with E-state index < -0.39 is 5.75 Å². The van der Waals surface area contributed by atoms with Gasteiger partial charge in [0.05, 0.1) is 0 Å². The molecular formula is C38H22B2O3. The third-order valence-corrected chi connectivity index (χ3v) is 8.44. The number of phenols is 2. The lowest BCUT2D eigenvalue weighted by Crippen LogP contribution is -2.22. The summed E-state index contributed by atoms with van der Waals surface area (Å²) < 4.78 is 6.26. The number of fused-ring (bicyclic) bond motifs is 5. The van der Waals surface area contributed by atoms with Crippen LogP contribution < -0.4 is 10.9 Å². The summed E-state index contributed by atoms with van der Waals surface area (Å²) in [6.07, 6.45) is 0. The molecule has 4 radical (unpaired) electrons. The highest BCUT2D eigenvalue weighted by molar-refractivity contribution is 6.49. The third-order valence-electron chi connectivity index (χ3n) is 8.44. The fourth-order valence-corrected chi connectivity index (χ4v) is 6.60. The molecule has 2 N–H and O–H groups in total. The maximum absolute atomic E-state index is 11.1. The van der Waals surface area contributed by atoms with E-state index in [0.717, 1.165) is 60.2 Å². The second kappa shape index (κ2) is 9.57. The Labute approximate surface area is 250 Å². The number of rotatable bonds is 3. The quantitative estimate of drug-likeness (QED) is 0.134. The lowest BCUT2D eigenvalue weighted by molar-refractivity contribution is 0.408. The van der Waals surface area contributed by atoms with Crippen LogP contribution in [0.4, 0.5) is 0 Å². The van der Waals surface area contributed by atoms with E-state index in [9.17, 15) is 10.2 Å². The molecule has 0 spiro atoms. The van der Waals surface area contributed by atoms with Crippen molar-refractivity contribution in [1.82, 2.24) is 0 Å². The average Bonchev–Trinajstić information content (AvgIpc) is 3.43. The third kappa shape index (κ3) is 3.65. The van der Waals surface area contributed by atoms with Gasteiger partial charge >= 0.3 is 0 Å². The Kier molecular flexibility index (Phi) is 5.63. The predicted octanol–water partition coefficient (Wildman–Crippen LogP) is 7.89. The van der Waals surface area contributed by atoms with Gasteiger partial charge in [0.25, 0.3) is 0 Å². The summed E-state index contributed by atoms with van der Waals surface area (Å²) >= 11 is 0. The van der Waals surface area contributed by atoms with Crippen LogP contribution in [0.25, 0.3) is 76.9 Å². The molecule has 1 aromatic heterocycles. The molecule has 8 aromatic rings. The van der Waals surface area contributed by atoms with Gasteiger partial charge in [-0.25, -0.2) is 0 Å². The van der Waals surface area contributed by atoms with Gasteiger partial charge in [-0.05, 0) is 67.0 Å². The fraction of sp³-hybridized carbons (Fsp3) is 0. The van der Waals surface area contributed by atoms with E-state index in [2.05, 4.69) is 36.4 Å². The molecule has 5 heteroatoms. The van der Waals surface area contributed by atoms with Crippen molar-refractivity contribution in [2.75, 3.05) is 0 Å². The van der Waals surface area contributed by atoms with Crippen molar-refractivity contribution < 1.29 is 14.6 Å². The topological polar surface area (TPSA) is 53.6 Å². The van der Waals surface area contributed by atoms with Crippen molar-refractivity contribution in [2.45, 2.75) is 0 Å². The SMILES string of the molecule is [B]c1c(O)c(O)c(-c2ccccc2)c([B])c1-c1c2ccccc2c(-c2cccc3oc4ccccc4c23)c2ccccc12. The van der Waals surface area contributed by atoms with E-state index >= 15 is 0 Å². The summed E-state index contributed by atoms with van der Waals surface area (Å²) in [5.41, 5.74) is 6.40. The number of benzene rings is 7. The van der Waals surface area contributed by atoms with E-state index in [1.807, 2.05) is 84.9 Å². The predicted molar refractivity (Wildman–Crippen MR) is 179 cm³/mol. The molecule has 43 heavy (non-hydrogen) atoms. The monoisotopic (exact) mass is 548 g/mol. The Morgan fingerprint density at radius 3 is 1.60 bits per heavy atom. The zero-order valence-electron chi connectivity index (χ0n) is 23.0. The van der Waals surface area contributed by atoms with Gasteiger partial charge in [0.1, 0.15) is 26.9 Å². The van der Waals surface area contributed by atoms with Crippen LogP contribution in [-0.4, -0.2) is 25.9 Å². The molecule has 1 heterocycles. The van der Waals surface area contributed by atoms with Crippen LogP contribution in [0.2, 0.25) is 0 Å². The maximum Gasteiger partial charge on any atom is 0.164 e. The van der Waals surface area contributed by atoms with Gasteiger partial charge in [-0.2, -0.15) is 0 Å². The highest BCUT2D eigenvalue weighted by Gasteiger charge is 2.25. The molecular weight excluding hydrogens is 526 g/mol. The van der Waals surface area contributed by atoms with E-state index in [4.69, 9.17) is 20.1 Å². The van der Waals surface area contributed by atoms with Gasteiger partial charge in [0.2, 0.25) is 0 Å². The lowest BCUT2D eigenvalue weighted by Gasteiger charge is -2.24. The molecule has 3 nitrogen and oxygen atoms in total. The highest BCUT2D eigenvalue weighted by atomic mass is 16.3. The van der Waals surface area contributed by atoms with E-state index in [-0.39, 0.29) is 11.2 Å². The van der Waals surface area contributed by atoms with Crippen LogP contribution in [0.1, 0.15) is 0 Å². The second-order valence-corrected chi connectivity index (χ2v) is 10.8. The molecule has 8 rings (SSSR count). The summed E-state index contributed by atoms with van der Waals surface area (Å²) in [5, 5.41) is 28.1. The van der Waals surface area contributed by atoms with Gasteiger partial charge in [-0.15, -0.1) is 0 Å². The van der Waals surface area contributed by atoms with Crippen molar-refractivity contribution in [1.29, 1.82) is 0 Å². The number of para-hydroxylation sites is 1. The number of hydrogen-bond acceptors (Lipinski definition) is 3. The van der Waals surface area contributed by atoms with Crippen molar-refractivity contribution in [3.05, 3.63) is 121 Å². The van der Waals surface area contributed by atoms with Crippen LogP contribution >= 0.6 is 0 Å². The van der Waals surface area contributed by atoms with Gasteiger partial charge in [0.15, 0.2) is 11.5 Å². The molecule has 0 saturated heterocycles. The zero-order valence-corrected chi connectivity index (χ0v) is 23.0. The minimum atomic E-state index is -0.394. The largest absolute Gasteiger partial charge is 0.505 e. The van der Waals surface area contributed by atoms with Crippen LogP contribution in [0.5, 0.6) is 11.5 Å². The van der Waals surface area contributed by atoms with E-state index in [1.54, 1.807) is 0 Å². The maximum atomic E-state index is 11.1. The lowest BCUT2D eigenvalue weighted by atomic mass is 9.71. The Morgan fingerprint density at radius 2 is 0.953 bits per heavy atom. The van der Waals surface area contributed by atoms with Gasteiger partial charge in [0, 0.05) is 16.3 Å². The minimum absolute atomic E-state index is 0.0284. The molecule has 0 amide bonds.